The van der Waals surface area contributed by atoms with Crippen LogP contribution in [-0.2, 0) is 16.1 Å². The van der Waals surface area contributed by atoms with Gasteiger partial charge in [0.15, 0.2) is 0 Å². The third-order valence-electron chi connectivity index (χ3n) is 6.68. The maximum Gasteiger partial charge on any atom is 0.323 e. The lowest BCUT2D eigenvalue weighted by atomic mass is 9.71. The van der Waals surface area contributed by atoms with Crippen molar-refractivity contribution >= 4 is 17.6 Å². The number of urea groups is 1. The number of benzene rings is 2. The number of hydrogen-bond acceptors (Lipinski definition) is 3. The Kier molecular flexibility index (Phi) is 5.52. The number of nitrogens with zero attached hydrogens (tertiary/aromatic N) is 3. The van der Waals surface area contributed by atoms with E-state index in [1.807, 2.05) is 54.6 Å². The lowest BCUT2D eigenvalue weighted by molar-refractivity contribution is -0.169. The predicted octanol–water partition coefficient (Wildman–Crippen LogP) is 4.04. The van der Waals surface area contributed by atoms with Gasteiger partial charge in [0.1, 0.15) is 0 Å². The molecule has 0 bridgehead atoms. The van der Waals surface area contributed by atoms with Crippen molar-refractivity contribution in [3.63, 3.8) is 0 Å². The molecular weight excluding hydrogens is 390 g/mol. The molecule has 1 fully saturated rings. The Morgan fingerprint density at radius 3 is 2.06 bits per heavy atom. The number of hydrogen-bond donors (Lipinski definition) is 1. The highest BCUT2D eigenvalue weighted by Gasteiger charge is 2.74. The Morgan fingerprint density at radius 2 is 1.42 bits per heavy atom. The summed E-state index contributed by atoms with van der Waals surface area (Å²) < 4.78 is 0. The smallest absolute Gasteiger partial charge is 0.323 e. The fourth-order valence-electron chi connectivity index (χ4n) is 5.14. The van der Waals surface area contributed by atoms with Gasteiger partial charge in [-0.2, -0.15) is 0 Å². The van der Waals surface area contributed by atoms with Crippen LogP contribution >= 0.6 is 0 Å². The second-order valence-corrected chi connectivity index (χ2v) is 8.42. The summed E-state index contributed by atoms with van der Waals surface area (Å²) in [6.45, 7) is 4.89. The number of carbonyl (C=O) groups excluding carboxylic acids is 2. The molecule has 2 heterocycles. The van der Waals surface area contributed by atoms with E-state index >= 15 is 0 Å². The first kappa shape index (κ1) is 21.4. The van der Waals surface area contributed by atoms with Crippen LogP contribution in [0, 0.1) is 0 Å². The van der Waals surface area contributed by atoms with E-state index < -0.39 is 11.3 Å². The van der Waals surface area contributed by atoms with Crippen molar-refractivity contribution in [1.29, 1.82) is 0 Å². The molecule has 2 aliphatic rings. The van der Waals surface area contributed by atoms with Crippen LogP contribution in [0.1, 0.15) is 50.7 Å². The molecule has 2 atom stereocenters. The minimum atomic E-state index is -1.80. The molecule has 4 rings (SSSR count). The first-order chi connectivity index (χ1) is 15.0. The van der Waals surface area contributed by atoms with Gasteiger partial charge in [0.2, 0.25) is 11.3 Å². The monoisotopic (exact) mass is 421 g/mol. The van der Waals surface area contributed by atoms with Crippen LogP contribution in [0.3, 0.4) is 0 Å². The van der Waals surface area contributed by atoms with Gasteiger partial charge in [0, 0.05) is 25.7 Å². The molecule has 2 aromatic rings. The van der Waals surface area contributed by atoms with E-state index in [1.54, 1.807) is 16.8 Å². The van der Waals surface area contributed by atoms with Crippen LogP contribution in [-0.4, -0.2) is 47.0 Å². The molecule has 0 aromatic heterocycles. The number of carbonyl (C=O) groups is 2. The summed E-state index contributed by atoms with van der Waals surface area (Å²) in [5, 5.41) is 12.6. The Labute approximate surface area is 184 Å². The van der Waals surface area contributed by atoms with Crippen LogP contribution in [0.15, 0.2) is 54.6 Å². The third-order valence-corrected chi connectivity index (χ3v) is 6.68. The number of anilines is 1. The van der Waals surface area contributed by atoms with Gasteiger partial charge >= 0.3 is 6.03 Å². The van der Waals surface area contributed by atoms with Gasteiger partial charge in [-0.25, -0.2) is 4.79 Å². The number of rotatable bonds is 7. The van der Waals surface area contributed by atoms with E-state index in [1.165, 1.54) is 4.90 Å². The molecule has 1 saturated heterocycles. The first-order valence-electron chi connectivity index (χ1n) is 11.2. The number of amides is 3. The van der Waals surface area contributed by atoms with Gasteiger partial charge in [-0.3, -0.25) is 9.69 Å². The van der Waals surface area contributed by atoms with Crippen molar-refractivity contribution in [2.45, 2.75) is 50.8 Å². The summed E-state index contributed by atoms with van der Waals surface area (Å²) in [5.74, 6) is -0.289. The third kappa shape index (κ3) is 2.74. The topological polar surface area (TPSA) is 64.1 Å². The summed E-state index contributed by atoms with van der Waals surface area (Å²) >= 11 is 0. The number of para-hydroxylation sites is 1. The SMILES string of the molecule is CCCCN1C(=O)N(CCCC)C2(c3ccccc3)C(=O)N(C)c3ccccc3C12O. The zero-order valence-corrected chi connectivity index (χ0v) is 18.5. The zero-order valence-electron chi connectivity index (χ0n) is 18.5. The average molecular weight is 422 g/mol. The molecule has 2 aliphatic heterocycles. The lowest BCUT2D eigenvalue weighted by Crippen LogP contribution is -2.68. The Balaban J connectivity index is 2.07. The highest BCUT2D eigenvalue weighted by Crippen LogP contribution is 2.58. The standard InChI is InChI=1S/C25H31N3O3/c1-4-6-17-27-23(30)28(18-7-5-2)25(31)20-15-11-12-16-21(20)26(3)22(29)24(25,27)19-13-9-8-10-14-19/h8-16,31H,4-7,17-18H2,1-3H3. The molecule has 0 spiro atoms. The first-order valence-corrected chi connectivity index (χ1v) is 11.2. The van der Waals surface area contributed by atoms with Crippen molar-refractivity contribution in [2.24, 2.45) is 0 Å². The quantitative estimate of drug-likeness (QED) is 0.734. The predicted molar refractivity (Wildman–Crippen MR) is 120 cm³/mol. The largest absolute Gasteiger partial charge is 0.364 e. The molecule has 1 N–H and O–H groups in total. The molecule has 3 amide bonds. The van der Waals surface area contributed by atoms with Crippen LogP contribution in [0.2, 0.25) is 0 Å². The molecule has 2 aromatic carbocycles. The van der Waals surface area contributed by atoms with E-state index in [0.29, 0.717) is 29.9 Å². The van der Waals surface area contributed by atoms with Gasteiger partial charge in [-0.05, 0) is 24.5 Å². The van der Waals surface area contributed by atoms with Crippen LogP contribution in [0.25, 0.3) is 0 Å². The van der Waals surface area contributed by atoms with Crippen LogP contribution < -0.4 is 4.90 Å². The molecule has 2 unspecified atom stereocenters. The van der Waals surface area contributed by atoms with Gasteiger partial charge in [-0.1, -0.05) is 75.2 Å². The fourth-order valence-corrected chi connectivity index (χ4v) is 5.14. The minimum Gasteiger partial charge on any atom is -0.364 e. The number of unbranched alkanes of at least 4 members (excludes halogenated alkanes) is 2. The highest BCUT2D eigenvalue weighted by molar-refractivity contribution is 6.08. The summed E-state index contributed by atoms with van der Waals surface area (Å²) in [6.07, 6.45) is 3.24. The summed E-state index contributed by atoms with van der Waals surface area (Å²) in [5.41, 5.74) is -1.49. The molecule has 0 aliphatic carbocycles. The molecule has 0 saturated carbocycles. The normalized spacial score (nSPS) is 25.1. The van der Waals surface area contributed by atoms with E-state index in [9.17, 15) is 14.7 Å². The Morgan fingerprint density at radius 1 is 0.839 bits per heavy atom. The van der Waals surface area contributed by atoms with E-state index in [0.717, 1.165) is 25.7 Å². The van der Waals surface area contributed by atoms with Gasteiger partial charge in [0.25, 0.3) is 5.91 Å². The maximum atomic E-state index is 14.2. The van der Waals surface area contributed by atoms with Gasteiger partial charge in [0.05, 0.1) is 5.69 Å². The second-order valence-electron chi connectivity index (χ2n) is 8.42. The van der Waals surface area contributed by atoms with E-state index in [4.69, 9.17) is 0 Å². The highest BCUT2D eigenvalue weighted by atomic mass is 16.3. The molecular formula is C25H31N3O3. The van der Waals surface area contributed by atoms with Crippen molar-refractivity contribution in [2.75, 3.05) is 25.0 Å². The summed E-state index contributed by atoms with van der Waals surface area (Å²) in [4.78, 5) is 32.8. The lowest BCUT2D eigenvalue weighted by Gasteiger charge is -2.51. The van der Waals surface area contributed by atoms with E-state index in [-0.39, 0.29) is 11.9 Å². The summed E-state index contributed by atoms with van der Waals surface area (Å²) in [6, 6.07) is 16.4. The summed E-state index contributed by atoms with van der Waals surface area (Å²) in [7, 11) is 1.72. The maximum absolute atomic E-state index is 14.2. The number of likely N-dealkylation sites (N-methyl/N-ethyl adjacent to an activating group) is 1. The Bertz CT molecular complexity index is 979. The molecule has 6 nitrogen and oxygen atoms in total. The number of aliphatic hydroxyl groups is 1. The average Bonchev–Trinajstić information content (AvgIpc) is 2.99. The van der Waals surface area contributed by atoms with Crippen molar-refractivity contribution in [3.05, 3.63) is 65.7 Å². The zero-order chi connectivity index (χ0) is 22.2. The Hall–Kier alpha value is -2.86. The van der Waals surface area contributed by atoms with Crippen molar-refractivity contribution in [3.8, 4) is 0 Å². The van der Waals surface area contributed by atoms with Crippen LogP contribution in [0.5, 0.6) is 0 Å². The van der Waals surface area contributed by atoms with Gasteiger partial charge < -0.3 is 14.9 Å². The minimum absolute atomic E-state index is 0.285. The van der Waals surface area contributed by atoms with Crippen LogP contribution in [0.4, 0.5) is 10.5 Å². The number of fused-ring (bicyclic) bond motifs is 3. The second kappa shape index (κ2) is 8.00. The molecule has 6 heteroatoms. The fraction of sp³-hybridized carbons (Fsp3) is 0.440. The van der Waals surface area contributed by atoms with Gasteiger partial charge in [-0.15, -0.1) is 0 Å². The van der Waals surface area contributed by atoms with E-state index in [2.05, 4.69) is 13.8 Å². The van der Waals surface area contributed by atoms with Crippen molar-refractivity contribution in [1.82, 2.24) is 9.80 Å². The molecule has 164 valence electrons. The van der Waals surface area contributed by atoms with Crippen molar-refractivity contribution < 1.29 is 14.7 Å². The molecule has 0 radical (unpaired) electrons. The molecule has 31 heavy (non-hydrogen) atoms.